The number of pyridine rings is 1. The van der Waals surface area contributed by atoms with Gasteiger partial charge in [-0.25, -0.2) is 13.1 Å². The second kappa shape index (κ2) is 15.1. The molecule has 11 heteroatoms. The van der Waals surface area contributed by atoms with Crippen LogP contribution in [0, 0.1) is 0 Å². The van der Waals surface area contributed by atoms with Crippen LogP contribution < -0.4 is 4.72 Å². The number of sulfonamides is 1. The van der Waals surface area contributed by atoms with Gasteiger partial charge in [-0.15, -0.1) is 0 Å². The van der Waals surface area contributed by atoms with E-state index in [0.29, 0.717) is 25.3 Å². The van der Waals surface area contributed by atoms with Crippen molar-refractivity contribution in [3.05, 3.63) is 143 Å². The van der Waals surface area contributed by atoms with Crippen LogP contribution in [0.15, 0.2) is 120 Å². The minimum Gasteiger partial charge on any atom is -0.392 e. The maximum Gasteiger partial charge on any atom is 0.243 e. The molecule has 2 N–H and O–H groups in total. The Labute approximate surface area is 304 Å². The number of hydrogen-bond acceptors (Lipinski definition) is 9. The number of nitrogens with one attached hydrogen (secondary N) is 1. The van der Waals surface area contributed by atoms with Crippen molar-refractivity contribution in [2.45, 2.75) is 61.1 Å². The van der Waals surface area contributed by atoms with Crippen molar-refractivity contribution < 1.29 is 32.5 Å². The predicted molar refractivity (Wildman–Crippen MR) is 196 cm³/mol. The predicted octanol–water partition coefficient (Wildman–Crippen LogP) is 5.98. The van der Waals surface area contributed by atoms with E-state index in [2.05, 4.69) is 26.7 Å². The number of hydrogen-bond donors (Lipinski definition) is 2. The average molecular weight is 722 g/mol. The van der Waals surface area contributed by atoms with Crippen LogP contribution in [0.2, 0.25) is 0 Å². The lowest BCUT2D eigenvalue weighted by Gasteiger charge is -2.46. The fourth-order valence-electron chi connectivity index (χ4n) is 7.62. The zero-order valence-electron chi connectivity index (χ0n) is 28.8. The molecule has 1 spiro atoms. The lowest BCUT2D eigenvalue weighted by Crippen LogP contribution is -2.50. The highest BCUT2D eigenvalue weighted by molar-refractivity contribution is 7.89. The molecule has 4 heterocycles. The van der Waals surface area contributed by atoms with E-state index in [0.717, 1.165) is 59.1 Å². The van der Waals surface area contributed by atoms with Crippen molar-refractivity contribution in [3.8, 4) is 0 Å². The summed E-state index contributed by atoms with van der Waals surface area (Å²) in [5.74, 6) is -0.572. The number of fused-ring (bicyclic) bond motifs is 1. The van der Waals surface area contributed by atoms with E-state index in [1.54, 1.807) is 24.4 Å². The quantitative estimate of drug-likeness (QED) is 0.180. The Kier molecular flexibility index (Phi) is 10.2. The molecule has 10 nitrogen and oxygen atoms in total. The number of para-hydroxylation sites is 1. The van der Waals surface area contributed by atoms with E-state index in [4.69, 9.17) is 18.9 Å². The first-order valence-electron chi connectivity index (χ1n) is 17.9. The van der Waals surface area contributed by atoms with E-state index in [1.165, 1.54) is 0 Å². The molecule has 1 aromatic heterocycles. The average Bonchev–Trinajstić information content (AvgIpc) is 3.66. The number of rotatable bonds is 10. The number of piperidine rings is 1. The van der Waals surface area contributed by atoms with Gasteiger partial charge >= 0.3 is 0 Å². The Bertz CT molecular complexity index is 2060. The van der Waals surface area contributed by atoms with Crippen LogP contribution in [-0.2, 0) is 42.1 Å². The molecule has 3 saturated heterocycles. The Morgan fingerprint density at radius 1 is 0.769 bits per heavy atom. The molecular formula is C41H43N3O7S. The first-order valence-corrected chi connectivity index (χ1v) is 19.4. The van der Waals surface area contributed by atoms with Gasteiger partial charge in [-0.2, -0.15) is 0 Å². The van der Waals surface area contributed by atoms with Crippen LogP contribution in [-0.4, -0.2) is 68.1 Å². The number of ether oxygens (including phenoxy) is 4. The van der Waals surface area contributed by atoms with Gasteiger partial charge in [0.25, 0.3) is 0 Å². The summed E-state index contributed by atoms with van der Waals surface area (Å²) in [6.45, 7) is 3.73. The fraction of sp³-hybridized carbons (Fsp3) is 0.341. The first-order chi connectivity index (χ1) is 25.4. The molecule has 5 aromatic rings. The third-order valence-corrected chi connectivity index (χ3v) is 11.9. The maximum atomic E-state index is 13.3. The van der Waals surface area contributed by atoms with E-state index in [9.17, 15) is 13.5 Å². The molecule has 4 atom stereocenters. The SMILES string of the molecule is O=S(=O)(NCc1ccc(C2O[C@H](CN3CCC4(CC3)OCCO4)[C@@H](c3ccccc3)[C@H](c3ccc(CO)cc3)O2)cc1)c1cccc2cccnc12. The van der Waals surface area contributed by atoms with Crippen molar-refractivity contribution in [2.75, 3.05) is 32.8 Å². The van der Waals surface area contributed by atoms with E-state index in [-0.39, 0.29) is 36.2 Å². The molecule has 4 aromatic carbocycles. The van der Waals surface area contributed by atoms with Gasteiger partial charge in [0, 0.05) is 62.1 Å². The summed E-state index contributed by atoms with van der Waals surface area (Å²) in [6, 6.07) is 34.8. The Balaban J connectivity index is 1.05. The topological polar surface area (TPSA) is 119 Å². The molecule has 0 amide bonds. The number of aromatic nitrogens is 1. The van der Waals surface area contributed by atoms with Crippen LogP contribution in [0.3, 0.4) is 0 Å². The highest BCUT2D eigenvalue weighted by Gasteiger charge is 2.45. The second-order valence-electron chi connectivity index (χ2n) is 13.7. The minimum absolute atomic E-state index is 0.0342. The summed E-state index contributed by atoms with van der Waals surface area (Å²) >= 11 is 0. The number of likely N-dealkylation sites (tertiary alicyclic amines) is 1. The van der Waals surface area contributed by atoms with Crippen LogP contribution in [0.4, 0.5) is 0 Å². The van der Waals surface area contributed by atoms with Crippen molar-refractivity contribution in [1.82, 2.24) is 14.6 Å². The van der Waals surface area contributed by atoms with Crippen LogP contribution in [0.5, 0.6) is 0 Å². The highest BCUT2D eigenvalue weighted by atomic mass is 32.2. The zero-order valence-corrected chi connectivity index (χ0v) is 29.7. The van der Waals surface area contributed by atoms with Gasteiger partial charge in [-0.1, -0.05) is 97.1 Å². The molecule has 8 rings (SSSR count). The molecular weight excluding hydrogens is 679 g/mol. The van der Waals surface area contributed by atoms with Crippen LogP contribution >= 0.6 is 0 Å². The van der Waals surface area contributed by atoms with Gasteiger partial charge in [-0.3, -0.25) is 4.98 Å². The van der Waals surface area contributed by atoms with Crippen LogP contribution in [0.25, 0.3) is 10.9 Å². The smallest absolute Gasteiger partial charge is 0.243 e. The molecule has 0 aliphatic carbocycles. The van der Waals surface area contributed by atoms with E-state index in [1.807, 2.05) is 78.9 Å². The standard InChI is InChI=1S/C41H43N3O7S/c45-28-30-13-15-33(16-14-30)39-37(31-6-2-1-3-7-31)35(27-44-22-19-41(20-23-44)48-24-25-49-41)50-40(51-39)34-17-11-29(12-18-34)26-43-52(46,47)36-10-4-8-32-9-5-21-42-38(32)36/h1-18,21,35,37,39-40,43,45H,19-20,22-28H2/t35-,37-,39+,40?/m1/s1. The number of benzene rings is 4. The van der Waals surface area contributed by atoms with Crippen LogP contribution in [0.1, 0.15) is 59.0 Å². The Morgan fingerprint density at radius 3 is 2.19 bits per heavy atom. The molecule has 1 unspecified atom stereocenters. The van der Waals surface area contributed by atoms with Gasteiger partial charge in [0.2, 0.25) is 10.0 Å². The lowest BCUT2D eigenvalue weighted by molar-refractivity contribution is -0.265. The summed E-state index contributed by atoms with van der Waals surface area (Å²) in [5, 5.41) is 10.5. The summed E-state index contributed by atoms with van der Waals surface area (Å²) in [4.78, 5) is 6.90. The molecule has 3 aliphatic heterocycles. The zero-order chi connectivity index (χ0) is 35.5. The highest BCUT2D eigenvalue weighted by Crippen LogP contribution is 2.47. The van der Waals surface area contributed by atoms with Crippen molar-refractivity contribution in [1.29, 1.82) is 0 Å². The monoisotopic (exact) mass is 721 g/mol. The van der Waals surface area contributed by atoms with Crippen molar-refractivity contribution in [2.24, 2.45) is 0 Å². The van der Waals surface area contributed by atoms with Crippen molar-refractivity contribution in [3.63, 3.8) is 0 Å². The van der Waals surface area contributed by atoms with E-state index >= 15 is 0 Å². The summed E-state index contributed by atoms with van der Waals surface area (Å²) in [6.07, 6.45) is 1.99. The number of aliphatic hydroxyl groups excluding tert-OH is 1. The third-order valence-electron chi connectivity index (χ3n) is 10.4. The molecule has 0 radical (unpaired) electrons. The minimum atomic E-state index is -3.82. The van der Waals surface area contributed by atoms with E-state index < -0.39 is 22.1 Å². The first kappa shape index (κ1) is 35.0. The molecule has 3 fully saturated rings. The van der Waals surface area contributed by atoms with Gasteiger partial charge in [0.15, 0.2) is 12.1 Å². The molecule has 0 bridgehead atoms. The molecule has 52 heavy (non-hydrogen) atoms. The lowest BCUT2D eigenvalue weighted by atomic mass is 9.83. The van der Waals surface area contributed by atoms with Gasteiger partial charge in [0.05, 0.1) is 37.5 Å². The molecule has 270 valence electrons. The normalized spacial score (nSPS) is 23.6. The summed E-state index contributed by atoms with van der Waals surface area (Å²) in [7, 11) is -3.82. The maximum absolute atomic E-state index is 13.3. The van der Waals surface area contributed by atoms with Gasteiger partial charge in [-0.05, 0) is 34.4 Å². The summed E-state index contributed by atoms with van der Waals surface area (Å²) < 4.78 is 55.2. The number of aliphatic hydroxyl groups is 1. The number of nitrogens with zero attached hydrogens (tertiary/aromatic N) is 2. The summed E-state index contributed by atoms with van der Waals surface area (Å²) in [5.41, 5.74) is 5.04. The van der Waals surface area contributed by atoms with Gasteiger partial charge in [0.1, 0.15) is 4.90 Å². The molecule has 3 aliphatic rings. The Morgan fingerprint density at radius 2 is 1.46 bits per heavy atom. The largest absolute Gasteiger partial charge is 0.392 e. The van der Waals surface area contributed by atoms with Gasteiger partial charge < -0.3 is 29.0 Å². The Hall–Kier alpha value is -4.04. The molecule has 0 saturated carbocycles. The fourth-order valence-corrected chi connectivity index (χ4v) is 8.82. The second-order valence-corrected chi connectivity index (χ2v) is 15.4. The van der Waals surface area contributed by atoms with Crippen molar-refractivity contribution >= 4 is 20.9 Å². The third kappa shape index (κ3) is 7.41.